The van der Waals surface area contributed by atoms with Gasteiger partial charge in [0.1, 0.15) is 0 Å². The molecule has 148 valence electrons. The van der Waals surface area contributed by atoms with Crippen molar-refractivity contribution >= 4 is 35.3 Å². The average molecular weight is 430 g/mol. The van der Waals surface area contributed by atoms with E-state index in [-0.39, 0.29) is 12.7 Å². The second kappa shape index (κ2) is 7.81. The van der Waals surface area contributed by atoms with Crippen LogP contribution < -0.4 is 14.9 Å². The Morgan fingerprint density at radius 2 is 1.93 bits per heavy atom. The van der Waals surface area contributed by atoms with E-state index < -0.39 is 0 Å². The van der Waals surface area contributed by atoms with E-state index in [0.717, 1.165) is 22.6 Å². The molecule has 3 aromatic rings. The molecular formula is C21H17Cl2N3O3. The maximum Gasteiger partial charge on any atom is 0.271 e. The fraction of sp³-hybridized carbons (Fsp3) is 0.143. The van der Waals surface area contributed by atoms with E-state index >= 15 is 0 Å². The highest BCUT2D eigenvalue weighted by molar-refractivity contribution is 6.43. The van der Waals surface area contributed by atoms with Crippen LogP contribution in [0.1, 0.15) is 27.3 Å². The molecule has 0 saturated heterocycles. The lowest BCUT2D eigenvalue weighted by Crippen LogP contribution is -2.17. The molecule has 0 saturated carbocycles. The van der Waals surface area contributed by atoms with Crippen molar-refractivity contribution in [3.05, 3.63) is 75.0 Å². The number of benzene rings is 2. The summed E-state index contributed by atoms with van der Waals surface area (Å²) in [5.74, 6) is 0.826. The Bertz CT molecular complexity index is 1140. The van der Waals surface area contributed by atoms with Crippen molar-refractivity contribution < 1.29 is 14.3 Å². The molecule has 0 bridgehead atoms. The molecule has 6 nitrogen and oxygen atoms in total. The highest BCUT2D eigenvalue weighted by atomic mass is 35.5. The Balaban J connectivity index is 1.53. The molecule has 0 atom stereocenters. The minimum Gasteiger partial charge on any atom is -0.454 e. The number of nitrogens with one attached hydrogen (secondary N) is 1. The maximum absolute atomic E-state index is 12.3. The fourth-order valence-electron chi connectivity index (χ4n) is 3.22. The molecular weight excluding hydrogens is 413 g/mol. The molecule has 1 amide bonds. The third-order valence-corrected chi connectivity index (χ3v) is 5.46. The smallest absolute Gasteiger partial charge is 0.271 e. The number of amides is 1. The number of hydrogen-bond acceptors (Lipinski definition) is 4. The van der Waals surface area contributed by atoms with Crippen molar-refractivity contribution in [2.24, 2.45) is 5.10 Å². The molecule has 8 heteroatoms. The standard InChI is InChI=1S/C21H17Cl2N3O3/c1-12-8-15(13(2)26(12)17-5-3-4-16(22)20(17)23)10-24-25-21(27)14-6-7-18-19(9-14)29-11-28-18/h3-10H,11H2,1-2H3,(H,25,27)/b24-10-. The number of fused-ring (bicyclic) bond motifs is 1. The first-order chi connectivity index (χ1) is 14.0. The second-order valence-corrected chi connectivity index (χ2v) is 7.29. The van der Waals surface area contributed by atoms with Crippen molar-refractivity contribution in [3.63, 3.8) is 0 Å². The maximum atomic E-state index is 12.3. The van der Waals surface area contributed by atoms with Gasteiger partial charge in [0, 0.05) is 22.5 Å². The predicted molar refractivity (Wildman–Crippen MR) is 113 cm³/mol. The number of hydrazone groups is 1. The van der Waals surface area contributed by atoms with Crippen LogP contribution in [-0.2, 0) is 0 Å². The van der Waals surface area contributed by atoms with E-state index in [1.807, 2.05) is 36.6 Å². The molecule has 2 heterocycles. The summed E-state index contributed by atoms with van der Waals surface area (Å²) in [5, 5.41) is 5.06. The third kappa shape index (κ3) is 3.69. The van der Waals surface area contributed by atoms with Gasteiger partial charge in [0.15, 0.2) is 11.5 Å². The van der Waals surface area contributed by atoms with E-state index in [2.05, 4.69) is 10.5 Å². The molecule has 1 aromatic heterocycles. The van der Waals surface area contributed by atoms with Crippen molar-refractivity contribution in [2.75, 3.05) is 6.79 Å². The normalized spacial score (nSPS) is 12.6. The van der Waals surface area contributed by atoms with Crippen molar-refractivity contribution in [1.82, 2.24) is 9.99 Å². The van der Waals surface area contributed by atoms with Crippen LogP contribution in [0.4, 0.5) is 0 Å². The monoisotopic (exact) mass is 429 g/mol. The quantitative estimate of drug-likeness (QED) is 0.473. The zero-order chi connectivity index (χ0) is 20.5. The zero-order valence-corrected chi connectivity index (χ0v) is 17.2. The zero-order valence-electron chi connectivity index (χ0n) is 15.7. The summed E-state index contributed by atoms with van der Waals surface area (Å²) in [7, 11) is 0. The fourth-order valence-corrected chi connectivity index (χ4v) is 3.60. The molecule has 1 N–H and O–H groups in total. The lowest BCUT2D eigenvalue weighted by atomic mass is 10.2. The Morgan fingerprint density at radius 1 is 1.14 bits per heavy atom. The number of carbonyl (C=O) groups is 1. The molecule has 4 rings (SSSR count). The summed E-state index contributed by atoms with van der Waals surface area (Å²) < 4.78 is 12.5. The van der Waals surface area contributed by atoms with Crippen LogP contribution in [0, 0.1) is 13.8 Å². The van der Waals surface area contributed by atoms with E-state index in [9.17, 15) is 4.79 Å². The van der Waals surface area contributed by atoms with Gasteiger partial charge in [-0.3, -0.25) is 4.79 Å². The number of aromatic nitrogens is 1. The molecule has 0 radical (unpaired) electrons. The van der Waals surface area contributed by atoms with Crippen LogP contribution in [0.5, 0.6) is 11.5 Å². The topological polar surface area (TPSA) is 64.8 Å². The number of halogens is 2. The molecule has 1 aliphatic heterocycles. The van der Waals surface area contributed by atoms with Gasteiger partial charge in [-0.25, -0.2) is 5.43 Å². The van der Waals surface area contributed by atoms with Crippen molar-refractivity contribution in [3.8, 4) is 17.2 Å². The van der Waals surface area contributed by atoms with Gasteiger partial charge in [0.2, 0.25) is 6.79 Å². The van der Waals surface area contributed by atoms with Crippen LogP contribution in [0.2, 0.25) is 10.0 Å². The molecule has 1 aliphatic rings. The summed E-state index contributed by atoms with van der Waals surface area (Å²) in [6.45, 7) is 4.07. The van der Waals surface area contributed by atoms with Crippen LogP contribution in [-0.4, -0.2) is 23.5 Å². The van der Waals surface area contributed by atoms with Gasteiger partial charge in [-0.1, -0.05) is 29.3 Å². The highest BCUT2D eigenvalue weighted by Gasteiger charge is 2.16. The Morgan fingerprint density at radius 3 is 2.76 bits per heavy atom. The minimum atomic E-state index is -0.341. The van der Waals surface area contributed by atoms with Gasteiger partial charge in [0.25, 0.3) is 5.91 Å². The van der Waals surface area contributed by atoms with E-state index in [1.165, 1.54) is 0 Å². The van der Waals surface area contributed by atoms with Crippen LogP contribution in [0.25, 0.3) is 5.69 Å². The number of rotatable bonds is 4. The van der Waals surface area contributed by atoms with Gasteiger partial charge >= 0.3 is 0 Å². The van der Waals surface area contributed by atoms with Crippen molar-refractivity contribution in [2.45, 2.75) is 13.8 Å². The summed E-state index contributed by atoms with van der Waals surface area (Å²) in [4.78, 5) is 12.3. The Kier molecular flexibility index (Phi) is 5.22. The van der Waals surface area contributed by atoms with Crippen LogP contribution in [0.3, 0.4) is 0 Å². The summed E-state index contributed by atoms with van der Waals surface area (Å²) in [6.07, 6.45) is 1.60. The van der Waals surface area contributed by atoms with E-state index in [1.54, 1.807) is 30.5 Å². The Hall–Kier alpha value is -2.96. The molecule has 0 unspecified atom stereocenters. The number of hydrogen-bond donors (Lipinski definition) is 1. The van der Waals surface area contributed by atoms with Gasteiger partial charge in [-0.05, 0) is 50.2 Å². The largest absolute Gasteiger partial charge is 0.454 e. The summed E-state index contributed by atoms with van der Waals surface area (Å²) in [5.41, 5.74) is 6.50. The Labute approximate surface area is 177 Å². The highest BCUT2D eigenvalue weighted by Crippen LogP contribution is 2.33. The van der Waals surface area contributed by atoms with Gasteiger partial charge < -0.3 is 14.0 Å². The summed E-state index contributed by atoms with van der Waals surface area (Å²) in [6, 6.07) is 12.4. The molecule has 2 aromatic carbocycles. The molecule has 29 heavy (non-hydrogen) atoms. The molecule has 0 spiro atoms. The number of aryl methyl sites for hydroxylation is 1. The van der Waals surface area contributed by atoms with Crippen molar-refractivity contribution in [1.29, 1.82) is 0 Å². The molecule has 0 fully saturated rings. The lowest BCUT2D eigenvalue weighted by Gasteiger charge is -2.12. The first-order valence-corrected chi connectivity index (χ1v) is 9.57. The van der Waals surface area contributed by atoms with Crippen LogP contribution >= 0.6 is 23.2 Å². The molecule has 0 aliphatic carbocycles. The second-order valence-electron chi connectivity index (χ2n) is 6.50. The van der Waals surface area contributed by atoms with Gasteiger partial charge in [-0.2, -0.15) is 5.10 Å². The van der Waals surface area contributed by atoms with E-state index in [0.29, 0.717) is 27.1 Å². The average Bonchev–Trinajstić information content (AvgIpc) is 3.28. The first-order valence-electron chi connectivity index (χ1n) is 8.82. The summed E-state index contributed by atoms with van der Waals surface area (Å²) >= 11 is 12.5. The first kappa shape index (κ1) is 19.4. The van der Waals surface area contributed by atoms with Gasteiger partial charge in [0.05, 0.1) is 21.9 Å². The SMILES string of the molecule is Cc1cc(/C=N\NC(=O)c2ccc3c(c2)OCO3)c(C)n1-c1cccc(Cl)c1Cl. The number of nitrogens with zero attached hydrogens (tertiary/aromatic N) is 2. The minimum absolute atomic E-state index is 0.158. The van der Waals surface area contributed by atoms with Gasteiger partial charge in [-0.15, -0.1) is 0 Å². The third-order valence-electron chi connectivity index (χ3n) is 4.65. The van der Waals surface area contributed by atoms with E-state index in [4.69, 9.17) is 32.7 Å². The van der Waals surface area contributed by atoms with Crippen LogP contribution in [0.15, 0.2) is 47.6 Å². The number of carbonyl (C=O) groups excluding carboxylic acids is 1. The number of ether oxygens (including phenoxy) is 2. The predicted octanol–water partition coefficient (Wildman–Crippen LogP) is 4.89. The lowest BCUT2D eigenvalue weighted by molar-refractivity contribution is 0.0954.